The fraction of sp³-hybridized carbons (Fsp3) is 0.200. The SMILES string of the molecule is Cc1ccc(C)c(NC(=O)Cc2csc(COc3ccc(Cl)cc3)n2)c1. The van der Waals surface area contributed by atoms with Crippen LogP contribution in [0.1, 0.15) is 21.8 Å². The van der Waals surface area contributed by atoms with Gasteiger partial charge in [-0.05, 0) is 55.3 Å². The molecule has 3 rings (SSSR count). The van der Waals surface area contributed by atoms with Gasteiger partial charge in [-0.1, -0.05) is 23.7 Å². The Balaban J connectivity index is 1.55. The summed E-state index contributed by atoms with van der Waals surface area (Å²) in [6.07, 6.45) is 0.241. The highest BCUT2D eigenvalue weighted by Gasteiger charge is 2.10. The summed E-state index contributed by atoms with van der Waals surface area (Å²) in [6.45, 7) is 4.34. The number of rotatable bonds is 6. The third kappa shape index (κ3) is 5.07. The Morgan fingerprint density at radius 1 is 1.19 bits per heavy atom. The Morgan fingerprint density at radius 2 is 1.96 bits per heavy atom. The van der Waals surface area contributed by atoms with Gasteiger partial charge in [0, 0.05) is 16.1 Å². The number of thiazole rings is 1. The van der Waals surface area contributed by atoms with E-state index in [0.29, 0.717) is 11.6 Å². The second-order valence-electron chi connectivity index (χ2n) is 6.02. The minimum atomic E-state index is -0.0748. The predicted octanol–water partition coefficient (Wildman–Crippen LogP) is 5.17. The van der Waals surface area contributed by atoms with Crippen LogP contribution in [0, 0.1) is 13.8 Å². The zero-order valence-corrected chi connectivity index (χ0v) is 16.2. The summed E-state index contributed by atoms with van der Waals surface area (Å²) in [6, 6.07) is 13.2. The molecular formula is C20H19ClN2O2S. The van der Waals surface area contributed by atoms with E-state index in [1.807, 2.05) is 49.6 Å². The molecule has 0 saturated heterocycles. The van der Waals surface area contributed by atoms with Crippen LogP contribution >= 0.6 is 22.9 Å². The van der Waals surface area contributed by atoms with Crippen LogP contribution < -0.4 is 10.1 Å². The maximum Gasteiger partial charge on any atom is 0.230 e. The Kier molecular flexibility index (Phi) is 5.91. The monoisotopic (exact) mass is 386 g/mol. The number of benzene rings is 2. The average molecular weight is 387 g/mol. The van der Waals surface area contributed by atoms with Gasteiger partial charge >= 0.3 is 0 Å². The van der Waals surface area contributed by atoms with E-state index < -0.39 is 0 Å². The molecule has 1 heterocycles. The molecule has 26 heavy (non-hydrogen) atoms. The fourth-order valence-corrected chi connectivity index (χ4v) is 3.23. The molecule has 0 atom stereocenters. The van der Waals surface area contributed by atoms with Gasteiger partial charge in [0.2, 0.25) is 5.91 Å². The molecule has 2 aromatic carbocycles. The quantitative estimate of drug-likeness (QED) is 0.635. The second-order valence-corrected chi connectivity index (χ2v) is 7.40. The van der Waals surface area contributed by atoms with Crippen LogP contribution in [0.15, 0.2) is 47.8 Å². The number of aromatic nitrogens is 1. The van der Waals surface area contributed by atoms with E-state index in [0.717, 1.165) is 33.3 Å². The van der Waals surface area contributed by atoms with Crippen molar-refractivity contribution < 1.29 is 9.53 Å². The maximum absolute atomic E-state index is 12.3. The van der Waals surface area contributed by atoms with Gasteiger partial charge in [-0.3, -0.25) is 4.79 Å². The number of nitrogens with zero attached hydrogens (tertiary/aromatic N) is 1. The summed E-state index contributed by atoms with van der Waals surface area (Å²) in [7, 11) is 0. The molecule has 0 saturated carbocycles. The number of carbonyl (C=O) groups is 1. The summed E-state index contributed by atoms with van der Waals surface area (Å²) in [5.74, 6) is 0.660. The summed E-state index contributed by atoms with van der Waals surface area (Å²) in [5.41, 5.74) is 3.74. The number of amides is 1. The summed E-state index contributed by atoms with van der Waals surface area (Å²) < 4.78 is 5.68. The Hall–Kier alpha value is -2.37. The van der Waals surface area contributed by atoms with Crippen molar-refractivity contribution in [2.24, 2.45) is 0 Å². The number of anilines is 1. The van der Waals surface area contributed by atoms with Gasteiger partial charge in [-0.25, -0.2) is 4.98 Å². The Morgan fingerprint density at radius 3 is 2.73 bits per heavy atom. The minimum Gasteiger partial charge on any atom is -0.486 e. The topological polar surface area (TPSA) is 51.2 Å². The van der Waals surface area contributed by atoms with Crippen molar-refractivity contribution in [1.29, 1.82) is 0 Å². The number of aryl methyl sites for hydroxylation is 2. The second kappa shape index (κ2) is 8.34. The minimum absolute atomic E-state index is 0.0748. The number of halogens is 1. The van der Waals surface area contributed by atoms with Gasteiger partial charge in [0.1, 0.15) is 17.4 Å². The van der Waals surface area contributed by atoms with E-state index in [1.54, 1.807) is 12.1 Å². The van der Waals surface area contributed by atoms with Gasteiger partial charge in [0.25, 0.3) is 0 Å². The molecule has 0 aliphatic heterocycles. The highest BCUT2D eigenvalue weighted by Crippen LogP contribution is 2.19. The van der Waals surface area contributed by atoms with E-state index in [-0.39, 0.29) is 12.3 Å². The smallest absolute Gasteiger partial charge is 0.230 e. The lowest BCUT2D eigenvalue weighted by Gasteiger charge is -2.08. The lowest BCUT2D eigenvalue weighted by atomic mass is 10.1. The summed E-state index contributed by atoms with van der Waals surface area (Å²) in [4.78, 5) is 16.7. The molecule has 1 amide bonds. The van der Waals surface area contributed by atoms with Crippen LogP contribution in [0.4, 0.5) is 5.69 Å². The Labute approximate surface area is 161 Å². The lowest BCUT2D eigenvalue weighted by Crippen LogP contribution is -2.15. The molecule has 0 bridgehead atoms. The van der Waals surface area contributed by atoms with Crippen LogP contribution in [0.5, 0.6) is 5.75 Å². The first-order valence-corrected chi connectivity index (χ1v) is 9.44. The van der Waals surface area contributed by atoms with Gasteiger partial charge < -0.3 is 10.1 Å². The van der Waals surface area contributed by atoms with Crippen LogP contribution in [0.2, 0.25) is 5.02 Å². The molecule has 3 aromatic rings. The van der Waals surface area contributed by atoms with E-state index in [4.69, 9.17) is 16.3 Å². The molecule has 0 aliphatic carbocycles. The van der Waals surface area contributed by atoms with Crippen molar-refractivity contribution >= 4 is 34.5 Å². The highest BCUT2D eigenvalue weighted by atomic mass is 35.5. The zero-order valence-electron chi connectivity index (χ0n) is 14.6. The first-order chi connectivity index (χ1) is 12.5. The van der Waals surface area contributed by atoms with Crippen molar-refractivity contribution in [3.63, 3.8) is 0 Å². The number of hydrogen-bond donors (Lipinski definition) is 1. The number of nitrogens with one attached hydrogen (secondary N) is 1. The first kappa shape index (κ1) is 18.4. The molecule has 0 spiro atoms. The van der Waals surface area contributed by atoms with Gasteiger partial charge in [-0.2, -0.15) is 0 Å². The standard InChI is InChI=1S/C20H19ClN2O2S/c1-13-3-4-14(2)18(9-13)23-19(24)10-16-12-26-20(22-16)11-25-17-7-5-15(21)6-8-17/h3-9,12H,10-11H2,1-2H3,(H,23,24). The third-order valence-electron chi connectivity index (χ3n) is 3.78. The fourth-order valence-electron chi connectivity index (χ4n) is 2.40. The van der Waals surface area contributed by atoms with Crippen molar-refractivity contribution in [3.05, 3.63) is 74.7 Å². The zero-order chi connectivity index (χ0) is 18.5. The molecular weight excluding hydrogens is 368 g/mol. The number of ether oxygens (including phenoxy) is 1. The molecule has 0 radical (unpaired) electrons. The average Bonchev–Trinajstić information content (AvgIpc) is 3.05. The third-order valence-corrected chi connectivity index (χ3v) is 4.91. The predicted molar refractivity (Wildman–Crippen MR) is 106 cm³/mol. The maximum atomic E-state index is 12.3. The normalized spacial score (nSPS) is 10.6. The largest absolute Gasteiger partial charge is 0.486 e. The Bertz CT molecular complexity index is 906. The van der Waals surface area contributed by atoms with Crippen molar-refractivity contribution in [2.45, 2.75) is 26.9 Å². The summed E-state index contributed by atoms with van der Waals surface area (Å²) in [5, 5.41) is 6.34. The summed E-state index contributed by atoms with van der Waals surface area (Å²) >= 11 is 7.34. The van der Waals surface area contributed by atoms with Gasteiger partial charge in [0.05, 0.1) is 12.1 Å². The van der Waals surface area contributed by atoms with Gasteiger partial charge in [0.15, 0.2) is 0 Å². The lowest BCUT2D eigenvalue weighted by molar-refractivity contribution is -0.115. The van der Waals surface area contributed by atoms with E-state index >= 15 is 0 Å². The van der Waals surface area contributed by atoms with Crippen LogP contribution in [0.3, 0.4) is 0 Å². The molecule has 0 fully saturated rings. The van der Waals surface area contributed by atoms with Crippen molar-refractivity contribution in [2.75, 3.05) is 5.32 Å². The van der Waals surface area contributed by atoms with Crippen LogP contribution in [-0.4, -0.2) is 10.9 Å². The number of hydrogen-bond acceptors (Lipinski definition) is 4. The van der Waals surface area contributed by atoms with Crippen LogP contribution in [0.25, 0.3) is 0 Å². The molecule has 6 heteroatoms. The van der Waals surface area contributed by atoms with Crippen molar-refractivity contribution in [1.82, 2.24) is 4.98 Å². The molecule has 134 valence electrons. The molecule has 1 aromatic heterocycles. The van der Waals surface area contributed by atoms with Crippen LogP contribution in [-0.2, 0) is 17.8 Å². The van der Waals surface area contributed by atoms with Crippen molar-refractivity contribution in [3.8, 4) is 5.75 Å². The molecule has 1 N–H and O–H groups in total. The molecule has 4 nitrogen and oxygen atoms in total. The van der Waals surface area contributed by atoms with E-state index in [2.05, 4.69) is 10.3 Å². The van der Waals surface area contributed by atoms with E-state index in [1.165, 1.54) is 11.3 Å². The highest BCUT2D eigenvalue weighted by molar-refractivity contribution is 7.09. The molecule has 0 aliphatic rings. The first-order valence-electron chi connectivity index (χ1n) is 8.18. The van der Waals surface area contributed by atoms with Gasteiger partial charge in [-0.15, -0.1) is 11.3 Å². The molecule has 0 unspecified atom stereocenters. The van der Waals surface area contributed by atoms with E-state index in [9.17, 15) is 4.79 Å². The number of carbonyl (C=O) groups excluding carboxylic acids is 1.